The summed E-state index contributed by atoms with van der Waals surface area (Å²) in [6, 6.07) is 9.62. The van der Waals surface area contributed by atoms with Gasteiger partial charge in [-0.15, -0.1) is 0 Å². The average Bonchev–Trinajstić information content (AvgIpc) is 2.61. The zero-order valence-corrected chi connectivity index (χ0v) is 11.1. The van der Waals surface area contributed by atoms with E-state index in [9.17, 15) is 0 Å². The summed E-state index contributed by atoms with van der Waals surface area (Å²) in [6.07, 6.45) is 2.53. The van der Waals surface area contributed by atoms with Crippen LogP contribution in [0.25, 0.3) is 0 Å². The summed E-state index contributed by atoms with van der Waals surface area (Å²) in [6.45, 7) is 1.51. The summed E-state index contributed by atoms with van der Waals surface area (Å²) in [4.78, 5) is 6.43. The number of halogens is 1. The van der Waals surface area contributed by atoms with Crippen molar-refractivity contribution < 1.29 is 4.74 Å². The van der Waals surface area contributed by atoms with Crippen LogP contribution in [-0.4, -0.2) is 18.1 Å². The standard InChI is InChI=1S/C14H14ClN3O/c15-11-8-10(16)9-17-14(11)18-6-3-7-19-13-5-2-1-4-12(13)18/h1-2,4-5,8-9H,3,6-7,16H2. The molecule has 0 bridgehead atoms. The number of aromatic nitrogens is 1. The normalized spacial score (nSPS) is 14.5. The minimum atomic E-state index is 0.553. The molecule has 1 aromatic carbocycles. The molecule has 5 heteroatoms. The van der Waals surface area contributed by atoms with Gasteiger partial charge in [0.1, 0.15) is 5.75 Å². The van der Waals surface area contributed by atoms with E-state index >= 15 is 0 Å². The molecule has 0 radical (unpaired) electrons. The first-order chi connectivity index (χ1) is 9.25. The third-order valence-electron chi connectivity index (χ3n) is 3.04. The van der Waals surface area contributed by atoms with E-state index in [1.807, 2.05) is 24.3 Å². The summed E-state index contributed by atoms with van der Waals surface area (Å²) >= 11 is 6.26. The van der Waals surface area contributed by atoms with E-state index in [1.165, 1.54) is 0 Å². The third-order valence-corrected chi connectivity index (χ3v) is 3.32. The highest BCUT2D eigenvalue weighted by Gasteiger charge is 2.20. The molecule has 0 spiro atoms. The molecule has 1 aromatic heterocycles. The molecule has 1 aliphatic heterocycles. The van der Waals surface area contributed by atoms with Crippen LogP contribution >= 0.6 is 11.6 Å². The Labute approximate surface area is 116 Å². The molecule has 4 nitrogen and oxygen atoms in total. The topological polar surface area (TPSA) is 51.4 Å². The summed E-state index contributed by atoms with van der Waals surface area (Å²) in [5.41, 5.74) is 7.24. The van der Waals surface area contributed by atoms with Gasteiger partial charge in [0.25, 0.3) is 0 Å². The zero-order chi connectivity index (χ0) is 13.2. The van der Waals surface area contributed by atoms with Crippen molar-refractivity contribution in [2.24, 2.45) is 0 Å². The van der Waals surface area contributed by atoms with E-state index in [-0.39, 0.29) is 0 Å². The number of nitrogens with zero attached hydrogens (tertiary/aromatic N) is 2. The van der Waals surface area contributed by atoms with Crippen LogP contribution in [0.2, 0.25) is 5.02 Å². The molecule has 0 unspecified atom stereocenters. The maximum atomic E-state index is 6.26. The molecular weight excluding hydrogens is 262 g/mol. The van der Waals surface area contributed by atoms with E-state index < -0.39 is 0 Å². The number of ether oxygens (including phenoxy) is 1. The van der Waals surface area contributed by atoms with Crippen LogP contribution in [0.5, 0.6) is 5.75 Å². The van der Waals surface area contributed by atoms with Gasteiger partial charge < -0.3 is 15.4 Å². The van der Waals surface area contributed by atoms with Crippen LogP contribution in [0.15, 0.2) is 36.5 Å². The van der Waals surface area contributed by atoms with Gasteiger partial charge in [-0.2, -0.15) is 0 Å². The molecule has 0 saturated heterocycles. The molecular formula is C14H14ClN3O. The molecule has 1 aliphatic rings. The minimum Gasteiger partial charge on any atom is -0.491 e. The summed E-state index contributed by atoms with van der Waals surface area (Å²) in [7, 11) is 0. The van der Waals surface area contributed by atoms with Crippen LogP contribution in [-0.2, 0) is 0 Å². The Kier molecular flexibility index (Phi) is 3.17. The predicted molar refractivity (Wildman–Crippen MR) is 77.2 cm³/mol. The molecule has 0 fully saturated rings. The molecule has 2 heterocycles. The Balaban J connectivity index is 2.09. The predicted octanol–water partition coefficient (Wildman–Crippen LogP) is 3.24. The molecule has 0 aliphatic carbocycles. The zero-order valence-electron chi connectivity index (χ0n) is 10.3. The number of nitrogens with two attached hydrogens (primary N) is 1. The fourth-order valence-electron chi connectivity index (χ4n) is 2.19. The number of pyridine rings is 1. The van der Waals surface area contributed by atoms with Gasteiger partial charge in [0.15, 0.2) is 5.82 Å². The van der Waals surface area contributed by atoms with Crippen LogP contribution < -0.4 is 15.4 Å². The second kappa shape index (κ2) is 4.97. The number of hydrogen-bond donors (Lipinski definition) is 1. The van der Waals surface area contributed by atoms with E-state index in [2.05, 4.69) is 9.88 Å². The SMILES string of the molecule is Nc1cnc(N2CCCOc3ccccc32)c(Cl)c1. The van der Waals surface area contributed by atoms with Gasteiger partial charge in [0.2, 0.25) is 0 Å². The van der Waals surface area contributed by atoms with Gasteiger partial charge in [0, 0.05) is 6.54 Å². The maximum absolute atomic E-state index is 6.26. The Morgan fingerprint density at radius 2 is 2.16 bits per heavy atom. The molecule has 0 atom stereocenters. The van der Waals surface area contributed by atoms with Gasteiger partial charge in [-0.25, -0.2) is 4.98 Å². The fraction of sp³-hybridized carbons (Fsp3) is 0.214. The van der Waals surface area contributed by atoms with Crippen molar-refractivity contribution in [3.05, 3.63) is 41.6 Å². The molecule has 3 rings (SSSR count). The molecule has 0 amide bonds. The largest absolute Gasteiger partial charge is 0.491 e. The Morgan fingerprint density at radius 3 is 3.00 bits per heavy atom. The van der Waals surface area contributed by atoms with E-state index in [4.69, 9.17) is 22.1 Å². The van der Waals surface area contributed by atoms with E-state index in [0.29, 0.717) is 23.1 Å². The summed E-state index contributed by atoms with van der Waals surface area (Å²) < 4.78 is 5.73. The van der Waals surface area contributed by atoms with Crippen LogP contribution in [0.4, 0.5) is 17.2 Å². The molecule has 98 valence electrons. The number of hydrogen-bond acceptors (Lipinski definition) is 4. The van der Waals surface area contributed by atoms with E-state index in [1.54, 1.807) is 12.3 Å². The lowest BCUT2D eigenvalue weighted by Gasteiger charge is -2.23. The first kappa shape index (κ1) is 12.1. The molecule has 2 N–H and O–H groups in total. The maximum Gasteiger partial charge on any atom is 0.152 e. The van der Waals surface area contributed by atoms with E-state index in [0.717, 1.165) is 24.4 Å². The third kappa shape index (κ3) is 2.31. The highest BCUT2D eigenvalue weighted by Crippen LogP contribution is 2.37. The van der Waals surface area contributed by atoms with Crippen molar-refractivity contribution in [3.63, 3.8) is 0 Å². The van der Waals surface area contributed by atoms with Crippen LogP contribution in [0.1, 0.15) is 6.42 Å². The number of benzene rings is 1. The molecule has 2 aromatic rings. The minimum absolute atomic E-state index is 0.553. The quantitative estimate of drug-likeness (QED) is 0.868. The summed E-state index contributed by atoms with van der Waals surface area (Å²) in [5.74, 6) is 1.57. The number of nitrogen functional groups attached to an aromatic ring is 1. The van der Waals surface area contributed by atoms with Gasteiger partial charge in [-0.1, -0.05) is 23.7 Å². The lowest BCUT2D eigenvalue weighted by molar-refractivity contribution is 0.322. The molecule has 0 saturated carbocycles. The molecule has 19 heavy (non-hydrogen) atoms. The lowest BCUT2D eigenvalue weighted by Crippen LogP contribution is -2.19. The smallest absolute Gasteiger partial charge is 0.152 e. The first-order valence-corrected chi connectivity index (χ1v) is 6.54. The number of fused-ring (bicyclic) bond motifs is 1. The van der Waals surface area contributed by atoms with Gasteiger partial charge in [-0.05, 0) is 24.6 Å². The number of para-hydroxylation sites is 2. The number of rotatable bonds is 1. The number of anilines is 3. The monoisotopic (exact) mass is 275 g/mol. The van der Waals surface area contributed by atoms with Crippen molar-refractivity contribution in [2.75, 3.05) is 23.8 Å². The summed E-state index contributed by atoms with van der Waals surface area (Å²) in [5, 5.41) is 0.553. The highest BCUT2D eigenvalue weighted by atomic mass is 35.5. The van der Waals surface area contributed by atoms with Gasteiger partial charge in [-0.3, -0.25) is 0 Å². The van der Waals surface area contributed by atoms with Crippen LogP contribution in [0, 0.1) is 0 Å². The van der Waals surface area contributed by atoms with Crippen LogP contribution in [0.3, 0.4) is 0 Å². The van der Waals surface area contributed by atoms with Crippen molar-refractivity contribution >= 4 is 28.8 Å². The second-order valence-corrected chi connectivity index (χ2v) is 4.80. The van der Waals surface area contributed by atoms with Gasteiger partial charge >= 0.3 is 0 Å². The van der Waals surface area contributed by atoms with Crippen molar-refractivity contribution in [3.8, 4) is 5.75 Å². The van der Waals surface area contributed by atoms with Crippen molar-refractivity contribution in [1.29, 1.82) is 0 Å². The Morgan fingerprint density at radius 1 is 1.32 bits per heavy atom. The van der Waals surface area contributed by atoms with Crippen molar-refractivity contribution in [2.45, 2.75) is 6.42 Å². The fourth-order valence-corrected chi connectivity index (χ4v) is 2.47. The first-order valence-electron chi connectivity index (χ1n) is 6.16. The highest BCUT2D eigenvalue weighted by molar-refractivity contribution is 6.33. The average molecular weight is 276 g/mol. The Bertz CT molecular complexity index is 603. The van der Waals surface area contributed by atoms with Crippen molar-refractivity contribution in [1.82, 2.24) is 4.98 Å². The second-order valence-electron chi connectivity index (χ2n) is 4.40. The Hall–Kier alpha value is -1.94. The lowest BCUT2D eigenvalue weighted by atomic mass is 10.2. The van der Waals surface area contributed by atoms with Gasteiger partial charge in [0.05, 0.1) is 29.2 Å².